The standard InChI is InChI=1S/C9H9N3OS/c13-9(12-3-1-4-12)7-8-6(10-11-7)2-5-14-8/h2,5H,1,3-4H2,(H,10,11). The molecule has 1 amide bonds. The van der Waals surface area contributed by atoms with Crippen LogP contribution in [0.4, 0.5) is 0 Å². The molecular formula is C9H9N3OS. The summed E-state index contributed by atoms with van der Waals surface area (Å²) in [6.45, 7) is 1.75. The number of hydrogen-bond acceptors (Lipinski definition) is 3. The van der Waals surface area contributed by atoms with Gasteiger partial charge in [0.1, 0.15) is 0 Å². The molecule has 3 rings (SSSR count). The first kappa shape index (κ1) is 7.99. The Bertz CT molecular complexity index is 483. The molecule has 1 aliphatic heterocycles. The Morgan fingerprint density at radius 2 is 2.43 bits per heavy atom. The Labute approximate surface area is 84.5 Å². The van der Waals surface area contributed by atoms with Crippen molar-refractivity contribution >= 4 is 27.5 Å². The van der Waals surface area contributed by atoms with Crippen LogP contribution >= 0.6 is 11.3 Å². The van der Waals surface area contributed by atoms with Crippen LogP contribution in [0.25, 0.3) is 10.2 Å². The average molecular weight is 207 g/mol. The van der Waals surface area contributed by atoms with Gasteiger partial charge in [0.05, 0.1) is 10.2 Å². The minimum Gasteiger partial charge on any atom is -0.337 e. The minimum absolute atomic E-state index is 0.0601. The summed E-state index contributed by atoms with van der Waals surface area (Å²) in [7, 11) is 0. The maximum atomic E-state index is 11.9. The Kier molecular flexibility index (Phi) is 1.61. The highest BCUT2D eigenvalue weighted by Crippen LogP contribution is 2.24. The lowest BCUT2D eigenvalue weighted by atomic mass is 10.2. The van der Waals surface area contributed by atoms with Gasteiger partial charge in [0.25, 0.3) is 5.91 Å². The van der Waals surface area contributed by atoms with Crippen LogP contribution in [0.15, 0.2) is 11.4 Å². The minimum atomic E-state index is 0.0601. The SMILES string of the molecule is O=C(c1n[nH]c2ccsc12)N1CCC1. The van der Waals surface area contributed by atoms with E-state index in [1.165, 1.54) is 0 Å². The molecule has 0 aromatic carbocycles. The second kappa shape index (κ2) is 2.81. The maximum Gasteiger partial charge on any atom is 0.275 e. The van der Waals surface area contributed by atoms with E-state index < -0.39 is 0 Å². The smallest absolute Gasteiger partial charge is 0.275 e. The Morgan fingerprint density at radius 1 is 1.57 bits per heavy atom. The van der Waals surface area contributed by atoms with Crippen LogP contribution in [0.3, 0.4) is 0 Å². The number of carbonyl (C=O) groups excluding carboxylic acids is 1. The fraction of sp³-hybridized carbons (Fsp3) is 0.333. The Balaban J connectivity index is 2.04. The third-order valence-electron chi connectivity index (χ3n) is 2.51. The number of thiophene rings is 1. The third kappa shape index (κ3) is 0.988. The van der Waals surface area contributed by atoms with E-state index in [1.54, 1.807) is 11.3 Å². The van der Waals surface area contributed by atoms with E-state index in [0.717, 1.165) is 29.7 Å². The van der Waals surface area contributed by atoms with Crippen LogP contribution in [0.2, 0.25) is 0 Å². The van der Waals surface area contributed by atoms with E-state index in [-0.39, 0.29) is 5.91 Å². The predicted molar refractivity (Wildman–Crippen MR) is 54.5 cm³/mol. The van der Waals surface area contributed by atoms with Crippen molar-refractivity contribution in [2.75, 3.05) is 13.1 Å². The zero-order chi connectivity index (χ0) is 9.54. The molecule has 1 saturated heterocycles. The Hall–Kier alpha value is -1.36. The number of rotatable bonds is 1. The summed E-state index contributed by atoms with van der Waals surface area (Å²) < 4.78 is 0.974. The molecule has 0 bridgehead atoms. The number of hydrogen-bond donors (Lipinski definition) is 1. The molecule has 3 heterocycles. The molecule has 4 nitrogen and oxygen atoms in total. The van der Waals surface area contributed by atoms with E-state index in [9.17, 15) is 4.79 Å². The van der Waals surface area contributed by atoms with Crippen LogP contribution in [-0.2, 0) is 0 Å². The molecule has 5 heteroatoms. The van der Waals surface area contributed by atoms with Gasteiger partial charge in [-0.05, 0) is 17.9 Å². The van der Waals surface area contributed by atoms with Crippen molar-refractivity contribution in [1.29, 1.82) is 0 Å². The van der Waals surface area contributed by atoms with Gasteiger partial charge < -0.3 is 4.90 Å². The molecule has 0 saturated carbocycles. The number of carbonyl (C=O) groups is 1. The zero-order valence-corrected chi connectivity index (χ0v) is 8.30. The van der Waals surface area contributed by atoms with Gasteiger partial charge in [0.2, 0.25) is 0 Å². The molecule has 1 fully saturated rings. The molecule has 0 radical (unpaired) electrons. The fourth-order valence-corrected chi connectivity index (χ4v) is 2.39. The number of nitrogens with zero attached hydrogens (tertiary/aromatic N) is 2. The number of aromatic amines is 1. The summed E-state index contributed by atoms with van der Waals surface area (Å²) in [5, 5.41) is 8.89. The lowest BCUT2D eigenvalue weighted by Crippen LogP contribution is -2.42. The molecule has 0 unspecified atom stereocenters. The second-order valence-electron chi connectivity index (χ2n) is 3.38. The molecule has 2 aromatic heterocycles. The maximum absolute atomic E-state index is 11.9. The van der Waals surface area contributed by atoms with Gasteiger partial charge in [-0.15, -0.1) is 11.3 Å². The van der Waals surface area contributed by atoms with Crippen molar-refractivity contribution in [3.05, 3.63) is 17.1 Å². The quantitative estimate of drug-likeness (QED) is 0.769. The van der Waals surface area contributed by atoms with Gasteiger partial charge in [-0.3, -0.25) is 9.89 Å². The van der Waals surface area contributed by atoms with E-state index in [1.807, 2.05) is 16.3 Å². The first-order valence-electron chi connectivity index (χ1n) is 4.57. The van der Waals surface area contributed by atoms with Gasteiger partial charge in [-0.2, -0.15) is 5.10 Å². The highest BCUT2D eigenvalue weighted by Gasteiger charge is 2.25. The molecule has 1 aliphatic rings. The Morgan fingerprint density at radius 3 is 3.14 bits per heavy atom. The summed E-state index contributed by atoms with van der Waals surface area (Å²) in [5.41, 5.74) is 1.54. The normalized spacial score (nSPS) is 15.9. The lowest BCUT2D eigenvalue weighted by molar-refractivity contribution is 0.0648. The summed E-state index contributed by atoms with van der Waals surface area (Å²) in [4.78, 5) is 13.7. The lowest BCUT2D eigenvalue weighted by Gasteiger charge is -2.29. The van der Waals surface area contributed by atoms with Crippen molar-refractivity contribution in [3.63, 3.8) is 0 Å². The van der Waals surface area contributed by atoms with Gasteiger partial charge in [0.15, 0.2) is 5.69 Å². The second-order valence-corrected chi connectivity index (χ2v) is 4.30. The highest BCUT2D eigenvalue weighted by atomic mass is 32.1. The fourth-order valence-electron chi connectivity index (χ4n) is 1.56. The number of aromatic nitrogens is 2. The van der Waals surface area contributed by atoms with Gasteiger partial charge >= 0.3 is 0 Å². The van der Waals surface area contributed by atoms with Gasteiger partial charge in [0, 0.05) is 13.1 Å². The van der Waals surface area contributed by atoms with Crippen molar-refractivity contribution in [3.8, 4) is 0 Å². The van der Waals surface area contributed by atoms with Gasteiger partial charge in [-0.25, -0.2) is 0 Å². The van der Waals surface area contributed by atoms with E-state index in [4.69, 9.17) is 0 Å². The van der Waals surface area contributed by atoms with Crippen LogP contribution < -0.4 is 0 Å². The molecule has 0 aliphatic carbocycles. The van der Waals surface area contributed by atoms with E-state index in [2.05, 4.69) is 10.2 Å². The highest BCUT2D eigenvalue weighted by molar-refractivity contribution is 7.17. The van der Waals surface area contributed by atoms with Crippen molar-refractivity contribution < 1.29 is 4.79 Å². The van der Waals surface area contributed by atoms with Crippen molar-refractivity contribution in [2.45, 2.75) is 6.42 Å². The molecule has 1 N–H and O–H groups in total. The largest absolute Gasteiger partial charge is 0.337 e. The van der Waals surface area contributed by atoms with E-state index >= 15 is 0 Å². The summed E-state index contributed by atoms with van der Waals surface area (Å²) >= 11 is 1.56. The monoisotopic (exact) mass is 207 g/mol. The van der Waals surface area contributed by atoms with Crippen LogP contribution in [0, 0.1) is 0 Å². The summed E-state index contributed by atoms with van der Waals surface area (Å²) in [6, 6.07) is 1.94. The summed E-state index contributed by atoms with van der Waals surface area (Å²) in [5.74, 6) is 0.0601. The molecule has 0 atom stereocenters. The van der Waals surface area contributed by atoms with Crippen molar-refractivity contribution in [1.82, 2.24) is 15.1 Å². The molecule has 72 valence electrons. The topological polar surface area (TPSA) is 49.0 Å². The average Bonchev–Trinajstić information content (AvgIpc) is 2.57. The van der Waals surface area contributed by atoms with Crippen molar-refractivity contribution in [2.24, 2.45) is 0 Å². The molecular weight excluding hydrogens is 198 g/mol. The molecule has 2 aromatic rings. The van der Waals surface area contributed by atoms with Crippen LogP contribution in [-0.4, -0.2) is 34.1 Å². The molecule has 0 spiro atoms. The van der Waals surface area contributed by atoms with Crippen LogP contribution in [0.5, 0.6) is 0 Å². The van der Waals surface area contributed by atoms with Gasteiger partial charge in [-0.1, -0.05) is 0 Å². The predicted octanol–water partition coefficient (Wildman–Crippen LogP) is 1.47. The first-order valence-corrected chi connectivity index (χ1v) is 5.45. The zero-order valence-electron chi connectivity index (χ0n) is 7.49. The number of nitrogens with one attached hydrogen (secondary N) is 1. The summed E-state index contributed by atoms with van der Waals surface area (Å²) in [6.07, 6.45) is 1.11. The first-order chi connectivity index (χ1) is 6.86. The number of amides is 1. The number of likely N-dealkylation sites (tertiary alicyclic amines) is 1. The number of fused-ring (bicyclic) bond motifs is 1. The third-order valence-corrected chi connectivity index (χ3v) is 3.44. The van der Waals surface area contributed by atoms with Crippen LogP contribution in [0.1, 0.15) is 16.9 Å². The number of H-pyrrole nitrogens is 1. The molecule has 14 heavy (non-hydrogen) atoms. The van der Waals surface area contributed by atoms with E-state index in [0.29, 0.717) is 5.69 Å².